The molecule has 1 aliphatic carbocycles. The fourth-order valence-electron chi connectivity index (χ4n) is 3.47. The molecule has 0 saturated heterocycles. The molecule has 1 amide bonds. The number of amides is 1. The van der Waals surface area contributed by atoms with Gasteiger partial charge >= 0.3 is 0 Å². The zero-order valence-electron chi connectivity index (χ0n) is 15.4. The highest BCUT2D eigenvalue weighted by Crippen LogP contribution is 2.39. The average Bonchev–Trinajstić information content (AvgIpc) is 2.94. The summed E-state index contributed by atoms with van der Waals surface area (Å²) in [6.45, 7) is 3.11. The number of benzene rings is 1. The summed E-state index contributed by atoms with van der Waals surface area (Å²) in [4.78, 5) is 14.7. The van der Waals surface area contributed by atoms with Crippen molar-refractivity contribution in [3.8, 4) is 6.07 Å². The Morgan fingerprint density at radius 3 is 2.96 bits per heavy atom. The van der Waals surface area contributed by atoms with Crippen LogP contribution in [0.2, 0.25) is 10.0 Å². The minimum absolute atomic E-state index is 0.103. The Balaban J connectivity index is 1.66. The summed E-state index contributed by atoms with van der Waals surface area (Å²) >= 11 is 13.8. The molecular weight excluding hydrogens is 401 g/mol. The zero-order chi connectivity index (χ0) is 19.6. The van der Waals surface area contributed by atoms with Crippen LogP contribution in [0.3, 0.4) is 0 Å². The van der Waals surface area contributed by atoms with E-state index in [9.17, 15) is 10.1 Å². The molecule has 3 rings (SSSR count). The minimum Gasteiger partial charge on any atom is -0.326 e. The van der Waals surface area contributed by atoms with Gasteiger partial charge in [-0.3, -0.25) is 4.79 Å². The number of carbonyl (C=O) groups is 1. The number of halogens is 2. The number of rotatable bonds is 5. The highest BCUT2D eigenvalue weighted by Gasteiger charge is 2.25. The molecule has 1 heterocycles. The van der Waals surface area contributed by atoms with E-state index >= 15 is 0 Å². The van der Waals surface area contributed by atoms with Crippen LogP contribution >= 0.6 is 34.5 Å². The molecule has 1 aliphatic rings. The van der Waals surface area contributed by atoms with Gasteiger partial charge in [0.05, 0.1) is 22.7 Å². The first-order valence-corrected chi connectivity index (χ1v) is 10.5. The molecule has 1 aromatic carbocycles. The first kappa shape index (κ1) is 20.2. The van der Waals surface area contributed by atoms with E-state index in [2.05, 4.69) is 18.3 Å². The second kappa shape index (κ2) is 8.62. The molecule has 142 valence electrons. The van der Waals surface area contributed by atoms with Gasteiger partial charge in [-0.25, -0.2) is 0 Å². The maximum absolute atomic E-state index is 12.5. The minimum atomic E-state index is -0.103. The van der Waals surface area contributed by atoms with Crippen LogP contribution in [0, 0.1) is 17.2 Å². The molecular formula is C20H22Cl2N3OS+. The van der Waals surface area contributed by atoms with Crippen molar-refractivity contribution in [2.24, 2.45) is 5.92 Å². The lowest BCUT2D eigenvalue weighted by Crippen LogP contribution is -3.08. The first-order valence-electron chi connectivity index (χ1n) is 8.97. The third kappa shape index (κ3) is 4.64. The van der Waals surface area contributed by atoms with Crippen molar-refractivity contribution in [1.82, 2.24) is 0 Å². The van der Waals surface area contributed by atoms with Crippen LogP contribution < -0.4 is 10.2 Å². The molecule has 7 heteroatoms. The Bertz CT molecular complexity index is 903. The number of carbonyl (C=O) groups excluding carboxylic acids is 1. The van der Waals surface area contributed by atoms with E-state index in [-0.39, 0.29) is 12.5 Å². The summed E-state index contributed by atoms with van der Waals surface area (Å²) in [5.74, 6) is 0.526. The van der Waals surface area contributed by atoms with Gasteiger partial charge in [-0.15, -0.1) is 11.3 Å². The van der Waals surface area contributed by atoms with Crippen LogP contribution in [0.15, 0.2) is 18.2 Å². The summed E-state index contributed by atoms with van der Waals surface area (Å²) in [6, 6.07) is 7.80. The number of hydrogen-bond acceptors (Lipinski definition) is 3. The largest absolute Gasteiger partial charge is 0.326 e. The normalized spacial score (nSPS) is 17.1. The van der Waals surface area contributed by atoms with E-state index in [0.717, 1.165) is 35.3 Å². The molecule has 0 spiro atoms. The lowest BCUT2D eigenvalue weighted by Gasteiger charge is -2.17. The highest BCUT2D eigenvalue weighted by atomic mass is 35.5. The smallest absolute Gasteiger partial charge is 0.280 e. The first-order chi connectivity index (χ1) is 12.9. The molecule has 0 aliphatic heterocycles. The van der Waals surface area contributed by atoms with Crippen molar-refractivity contribution in [2.45, 2.75) is 32.7 Å². The van der Waals surface area contributed by atoms with Gasteiger partial charge in [0.1, 0.15) is 17.6 Å². The predicted molar refractivity (Wildman–Crippen MR) is 111 cm³/mol. The van der Waals surface area contributed by atoms with Gasteiger partial charge in [-0.1, -0.05) is 42.3 Å². The van der Waals surface area contributed by atoms with Gasteiger partial charge < -0.3 is 10.2 Å². The van der Waals surface area contributed by atoms with Gasteiger partial charge in [-0.05, 0) is 36.8 Å². The Morgan fingerprint density at radius 1 is 1.44 bits per heavy atom. The topological polar surface area (TPSA) is 57.3 Å². The van der Waals surface area contributed by atoms with E-state index in [0.29, 0.717) is 33.1 Å². The van der Waals surface area contributed by atoms with Gasteiger partial charge in [0, 0.05) is 10.4 Å². The molecule has 0 saturated carbocycles. The molecule has 4 nitrogen and oxygen atoms in total. The summed E-state index contributed by atoms with van der Waals surface area (Å²) in [7, 11) is 1.93. The summed E-state index contributed by atoms with van der Waals surface area (Å²) in [5.41, 5.74) is 2.68. The summed E-state index contributed by atoms with van der Waals surface area (Å²) in [6.07, 6.45) is 3.01. The van der Waals surface area contributed by atoms with Gasteiger partial charge in [0.2, 0.25) is 0 Å². The van der Waals surface area contributed by atoms with Gasteiger partial charge in [0.25, 0.3) is 5.91 Å². The van der Waals surface area contributed by atoms with Gasteiger partial charge in [0.15, 0.2) is 6.54 Å². The third-order valence-electron chi connectivity index (χ3n) is 4.86. The van der Waals surface area contributed by atoms with E-state index in [4.69, 9.17) is 23.2 Å². The quantitative estimate of drug-likeness (QED) is 0.771. The fraction of sp³-hybridized carbons (Fsp3) is 0.400. The van der Waals surface area contributed by atoms with Crippen LogP contribution in [0.25, 0.3) is 0 Å². The highest BCUT2D eigenvalue weighted by molar-refractivity contribution is 7.16. The van der Waals surface area contributed by atoms with E-state index in [1.165, 1.54) is 4.88 Å². The molecule has 1 unspecified atom stereocenters. The third-order valence-corrected chi connectivity index (χ3v) is 6.89. The number of quaternary nitrogens is 1. The number of nitrogens with zero attached hydrogens (tertiary/aromatic N) is 1. The van der Waals surface area contributed by atoms with E-state index in [1.54, 1.807) is 17.4 Å². The number of anilines is 1. The Hall–Kier alpha value is -1.58. The molecule has 0 bridgehead atoms. The molecule has 0 fully saturated rings. The lowest BCUT2D eigenvalue weighted by molar-refractivity contribution is -0.885. The summed E-state index contributed by atoms with van der Waals surface area (Å²) < 4.78 is 0. The van der Waals surface area contributed by atoms with Crippen molar-refractivity contribution in [3.05, 3.63) is 49.8 Å². The van der Waals surface area contributed by atoms with E-state index < -0.39 is 0 Å². The molecule has 0 radical (unpaired) electrons. The van der Waals surface area contributed by atoms with Crippen molar-refractivity contribution in [3.63, 3.8) is 0 Å². The molecule has 1 aromatic heterocycles. The standard InChI is InChI=1S/C20H21Cl2N3OS/c1-12-6-7-14-15(9-23)20(27-17(14)8-12)24-18(26)11-25(2)10-13-4-3-5-16(21)19(13)22/h3-5,12H,6-8,10-11H2,1-2H3,(H,24,26)/p+1/t12-/m1/s1. The Morgan fingerprint density at radius 2 is 2.22 bits per heavy atom. The van der Waals surface area contributed by atoms with Crippen molar-refractivity contribution in [1.29, 1.82) is 5.26 Å². The molecule has 27 heavy (non-hydrogen) atoms. The molecule has 2 N–H and O–H groups in total. The number of nitrogens with one attached hydrogen (secondary N) is 2. The number of nitriles is 1. The lowest BCUT2D eigenvalue weighted by atomic mass is 9.89. The van der Waals surface area contributed by atoms with Crippen molar-refractivity contribution in [2.75, 3.05) is 18.9 Å². The SMILES string of the molecule is C[C@@H]1CCc2c(sc(NC(=O)C[NH+](C)Cc3cccc(Cl)c3Cl)c2C#N)C1. The number of thiophene rings is 1. The molecule has 2 atom stereocenters. The van der Waals surface area contributed by atoms with Crippen molar-refractivity contribution >= 4 is 45.4 Å². The van der Waals surface area contributed by atoms with Crippen LogP contribution in [-0.2, 0) is 24.2 Å². The number of hydrogen-bond donors (Lipinski definition) is 2. The maximum Gasteiger partial charge on any atom is 0.280 e. The predicted octanol–water partition coefficient (Wildman–Crippen LogP) is 3.70. The van der Waals surface area contributed by atoms with Crippen LogP contribution in [0.1, 0.15) is 34.9 Å². The Labute approximate surface area is 173 Å². The number of likely N-dealkylation sites (N-methyl/N-ethyl adjacent to an activating group) is 1. The zero-order valence-corrected chi connectivity index (χ0v) is 17.7. The maximum atomic E-state index is 12.5. The van der Waals surface area contributed by atoms with Crippen LogP contribution in [0.4, 0.5) is 5.00 Å². The average molecular weight is 423 g/mol. The van der Waals surface area contributed by atoms with Gasteiger partial charge in [-0.2, -0.15) is 5.26 Å². The van der Waals surface area contributed by atoms with E-state index in [1.807, 2.05) is 19.2 Å². The van der Waals surface area contributed by atoms with Crippen molar-refractivity contribution < 1.29 is 9.69 Å². The monoisotopic (exact) mass is 422 g/mol. The second-order valence-corrected chi connectivity index (χ2v) is 9.13. The van der Waals surface area contributed by atoms with Crippen LogP contribution in [-0.4, -0.2) is 19.5 Å². The fourth-order valence-corrected chi connectivity index (χ4v) is 5.24. The Kier molecular flexibility index (Phi) is 6.44. The molecule has 2 aromatic rings. The van der Waals surface area contributed by atoms with Crippen LogP contribution in [0.5, 0.6) is 0 Å². The second-order valence-electron chi connectivity index (χ2n) is 7.24. The number of fused-ring (bicyclic) bond motifs is 1. The summed E-state index contributed by atoms with van der Waals surface area (Å²) in [5, 5.41) is 14.2.